The van der Waals surface area contributed by atoms with Crippen molar-refractivity contribution in [3.05, 3.63) is 53.7 Å². The Morgan fingerprint density at radius 1 is 1.11 bits per heavy atom. The number of nitrogens with one attached hydrogen (secondary N) is 1. The van der Waals surface area contributed by atoms with Crippen LogP contribution in [0.15, 0.2) is 36.5 Å². The van der Waals surface area contributed by atoms with E-state index in [2.05, 4.69) is 10.3 Å². The molecular weight excluding hydrogens is 248 g/mol. The van der Waals surface area contributed by atoms with Gasteiger partial charge in [-0.3, -0.25) is 0 Å². The smallest absolute Gasteiger partial charge is 0.151 e. The van der Waals surface area contributed by atoms with Crippen LogP contribution >= 0.6 is 0 Å². The number of nitrogens with zero attached hydrogens (tertiary/aromatic N) is 2. The van der Waals surface area contributed by atoms with E-state index in [1.807, 2.05) is 25.1 Å². The van der Waals surface area contributed by atoms with Crippen molar-refractivity contribution in [1.82, 2.24) is 4.98 Å². The molecule has 1 aromatic heterocycles. The standard InChI is InChI=1S/C14H15F2N3/c1-19(2)14-13(7-4-8-17-14)18-9-10-11(15)5-3-6-12(10)16/h3-8,18H,9H2,1-2H3. The van der Waals surface area contributed by atoms with Gasteiger partial charge in [0.15, 0.2) is 5.82 Å². The summed E-state index contributed by atoms with van der Waals surface area (Å²) in [6, 6.07) is 7.43. The highest BCUT2D eigenvalue weighted by molar-refractivity contribution is 5.64. The second-order valence-corrected chi connectivity index (χ2v) is 4.32. The van der Waals surface area contributed by atoms with E-state index >= 15 is 0 Å². The van der Waals surface area contributed by atoms with E-state index in [1.165, 1.54) is 18.2 Å². The first-order chi connectivity index (χ1) is 9.09. The summed E-state index contributed by atoms with van der Waals surface area (Å²) in [5.74, 6) is -0.384. The Balaban J connectivity index is 2.19. The second kappa shape index (κ2) is 5.65. The Morgan fingerprint density at radius 3 is 2.42 bits per heavy atom. The van der Waals surface area contributed by atoms with E-state index in [-0.39, 0.29) is 12.1 Å². The van der Waals surface area contributed by atoms with Gasteiger partial charge < -0.3 is 10.2 Å². The highest BCUT2D eigenvalue weighted by atomic mass is 19.1. The number of halogens is 2. The van der Waals surface area contributed by atoms with Crippen molar-refractivity contribution < 1.29 is 8.78 Å². The van der Waals surface area contributed by atoms with E-state index in [4.69, 9.17) is 0 Å². The number of pyridine rings is 1. The van der Waals surface area contributed by atoms with Crippen LogP contribution < -0.4 is 10.2 Å². The lowest BCUT2D eigenvalue weighted by molar-refractivity contribution is 0.560. The zero-order chi connectivity index (χ0) is 13.8. The van der Waals surface area contributed by atoms with E-state index in [1.54, 1.807) is 12.3 Å². The van der Waals surface area contributed by atoms with Gasteiger partial charge >= 0.3 is 0 Å². The predicted molar refractivity (Wildman–Crippen MR) is 72.2 cm³/mol. The number of anilines is 2. The van der Waals surface area contributed by atoms with Gasteiger partial charge in [-0.25, -0.2) is 13.8 Å². The van der Waals surface area contributed by atoms with Gasteiger partial charge in [0, 0.05) is 32.4 Å². The number of benzene rings is 1. The topological polar surface area (TPSA) is 28.2 Å². The molecule has 1 aromatic carbocycles. The van der Waals surface area contributed by atoms with Crippen molar-refractivity contribution in [2.24, 2.45) is 0 Å². The van der Waals surface area contributed by atoms with E-state index in [9.17, 15) is 8.78 Å². The molecule has 0 radical (unpaired) electrons. The zero-order valence-electron chi connectivity index (χ0n) is 10.8. The molecule has 0 saturated heterocycles. The van der Waals surface area contributed by atoms with Gasteiger partial charge in [0.05, 0.1) is 5.69 Å². The zero-order valence-corrected chi connectivity index (χ0v) is 10.8. The molecule has 0 fully saturated rings. The molecule has 0 aliphatic heterocycles. The molecule has 0 atom stereocenters. The van der Waals surface area contributed by atoms with Gasteiger partial charge in [0.25, 0.3) is 0 Å². The lowest BCUT2D eigenvalue weighted by Gasteiger charge is -2.17. The SMILES string of the molecule is CN(C)c1ncccc1NCc1c(F)cccc1F. The Morgan fingerprint density at radius 2 is 1.79 bits per heavy atom. The van der Waals surface area contributed by atoms with Gasteiger partial charge in [-0.2, -0.15) is 0 Å². The molecule has 0 saturated carbocycles. The Bertz CT molecular complexity index is 550. The lowest BCUT2D eigenvalue weighted by Crippen LogP contribution is -2.14. The molecule has 5 heteroatoms. The van der Waals surface area contributed by atoms with Crippen molar-refractivity contribution in [2.75, 3.05) is 24.3 Å². The molecule has 1 N–H and O–H groups in total. The van der Waals surface area contributed by atoms with Crippen LogP contribution in [0.5, 0.6) is 0 Å². The normalized spacial score (nSPS) is 10.3. The minimum Gasteiger partial charge on any atom is -0.378 e. The van der Waals surface area contributed by atoms with E-state index in [0.29, 0.717) is 0 Å². The Kier molecular flexibility index (Phi) is 3.94. The maximum atomic E-state index is 13.5. The summed E-state index contributed by atoms with van der Waals surface area (Å²) in [7, 11) is 3.72. The van der Waals surface area contributed by atoms with Crippen molar-refractivity contribution in [3.63, 3.8) is 0 Å². The average Bonchev–Trinajstić information content (AvgIpc) is 2.38. The van der Waals surface area contributed by atoms with Gasteiger partial charge in [0.2, 0.25) is 0 Å². The maximum absolute atomic E-state index is 13.5. The summed E-state index contributed by atoms with van der Waals surface area (Å²) >= 11 is 0. The molecular formula is C14H15F2N3. The molecule has 0 unspecified atom stereocenters. The van der Waals surface area contributed by atoms with Crippen LogP contribution in [0.2, 0.25) is 0 Å². The first-order valence-electron chi connectivity index (χ1n) is 5.88. The van der Waals surface area contributed by atoms with E-state index < -0.39 is 11.6 Å². The van der Waals surface area contributed by atoms with Crippen molar-refractivity contribution >= 4 is 11.5 Å². The van der Waals surface area contributed by atoms with Crippen LogP contribution in [0, 0.1) is 11.6 Å². The molecule has 2 aromatic rings. The van der Waals surface area contributed by atoms with Crippen LogP contribution in [-0.4, -0.2) is 19.1 Å². The van der Waals surface area contributed by atoms with Crippen LogP contribution in [0.1, 0.15) is 5.56 Å². The second-order valence-electron chi connectivity index (χ2n) is 4.32. The summed E-state index contributed by atoms with van der Waals surface area (Å²) < 4.78 is 27.0. The molecule has 2 rings (SSSR count). The molecule has 3 nitrogen and oxygen atoms in total. The van der Waals surface area contributed by atoms with Gasteiger partial charge in [-0.15, -0.1) is 0 Å². The van der Waals surface area contributed by atoms with Crippen LogP contribution in [0.3, 0.4) is 0 Å². The summed E-state index contributed by atoms with van der Waals surface area (Å²) in [5, 5.41) is 3.01. The third-order valence-corrected chi connectivity index (χ3v) is 2.73. The third-order valence-electron chi connectivity index (χ3n) is 2.73. The maximum Gasteiger partial charge on any atom is 0.151 e. The van der Waals surface area contributed by atoms with E-state index in [0.717, 1.165) is 11.5 Å². The number of rotatable bonds is 4. The number of hydrogen-bond donors (Lipinski definition) is 1. The predicted octanol–water partition coefficient (Wildman–Crippen LogP) is 3.04. The summed E-state index contributed by atoms with van der Waals surface area (Å²) in [5.41, 5.74) is 0.756. The molecule has 0 amide bonds. The highest BCUT2D eigenvalue weighted by Gasteiger charge is 2.10. The molecule has 0 spiro atoms. The highest BCUT2D eigenvalue weighted by Crippen LogP contribution is 2.22. The van der Waals surface area contributed by atoms with Crippen molar-refractivity contribution in [2.45, 2.75) is 6.54 Å². The molecule has 0 aliphatic carbocycles. The monoisotopic (exact) mass is 263 g/mol. The number of hydrogen-bond acceptors (Lipinski definition) is 3. The fraction of sp³-hybridized carbons (Fsp3) is 0.214. The molecule has 100 valence electrons. The average molecular weight is 263 g/mol. The van der Waals surface area contributed by atoms with Crippen LogP contribution in [0.4, 0.5) is 20.3 Å². The van der Waals surface area contributed by atoms with Gasteiger partial charge in [-0.05, 0) is 24.3 Å². The van der Waals surface area contributed by atoms with Crippen LogP contribution in [0.25, 0.3) is 0 Å². The molecule has 0 bridgehead atoms. The first-order valence-corrected chi connectivity index (χ1v) is 5.88. The van der Waals surface area contributed by atoms with Crippen molar-refractivity contribution in [3.8, 4) is 0 Å². The summed E-state index contributed by atoms with van der Waals surface area (Å²) in [6.07, 6.45) is 1.67. The first kappa shape index (κ1) is 13.3. The number of aromatic nitrogens is 1. The molecule has 0 aliphatic rings. The minimum absolute atomic E-state index is 0.0241. The Hall–Kier alpha value is -2.17. The van der Waals surface area contributed by atoms with Gasteiger partial charge in [0.1, 0.15) is 11.6 Å². The minimum atomic E-state index is -0.553. The largest absolute Gasteiger partial charge is 0.378 e. The van der Waals surface area contributed by atoms with Crippen LogP contribution in [-0.2, 0) is 6.54 Å². The molecule has 1 heterocycles. The Labute approximate surface area is 110 Å². The fourth-order valence-electron chi connectivity index (χ4n) is 1.78. The summed E-state index contributed by atoms with van der Waals surface area (Å²) in [4.78, 5) is 6.04. The van der Waals surface area contributed by atoms with Crippen molar-refractivity contribution in [1.29, 1.82) is 0 Å². The third kappa shape index (κ3) is 2.99. The quantitative estimate of drug-likeness (QED) is 0.919. The van der Waals surface area contributed by atoms with Gasteiger partial charge in [-0.1, -0.05) is 6.07 Å². The summed E-state index contributed by atoms with van der Waals surface area (Å²) in [6.45, 7) is 0.0744. The molecule has 19 heavy (non-hydrogen) atoms. The lowest BCUT2D eigenvalue weighted by atomic mass is 10.2. The fourth-order valence-corrected chi connectivity index (χ4v) is 1.78.